The minimum absolute atomic E-state index is 0.142. The predicted molar refractivity (Wildman–Crippen MR) is 95.0 cm³/mol. The lowest BCUT2D eigenvalue weighted by atomic mass is 9.94. The van der Waals surface area contributed by atoms with E-state index in [1.165, 1.54) is 12.1 Å². The van der Waals surface area contributed by atoms with Gasteiger partial charge in [-0.1, -0.05) is 42.3 Å². The van der Waals surface area contributed by atoms with Gasteiger partial charge in [-0.15, -0.1) is 0 Å². The molecule has 1 saturated heterocycles. The van der Waals surface area contributed by atoms with Crippen molar-refractivity contribution >= 4 is 23.3 Å². The molecule has 5 heteroatoms. The van der Waals surface area contributed by atoms with Gasteiger partial charge in [0.15, 0.2) is 0 Å². The lowest BCUT2D eigenvalue weighted by Gasteiger charge is -2.25. The third-order valence-electron chi connectivity index (χ3n) is 4.42. The zero-order chi connectivity index (χ0) is 16.9. The van der Waals surface area contributed by atoms with Crippen LogP contribution in [0.2, 0.25) is 5.02 Å². The fraction of sp³-hybridized carbons (Fsp3) is 0.316. The van der Waals surface area contributed by atoms with E-state index in [-0.39, 0.29) is 17.8 Å². The number of benzene rings is 2. The molecule has 2 aromatic carbocycles. The molecule has 0 spiro atoms. The molecule has 1 aliphatic heterocycles. The Morgan fingerprint density at radius 2 is 1.88 bits per heavy atom. The summed E-state index contributed by atoms with van der Waals surface area (Å²) in [6.07, 6.45) is 3.02. The zero-order valence-corrected chi connectivity index (χ0v) is 14.1. The van der Waals surface area contributed by atoms with Crippen molar-refractivity contribution in [2.75, 3.05) is 18.4 Å². The van der Waals surface area contributed by atoms with Gasteiger partial charge in [0.05, 0.1) is 10.7 Å². The smallest absolute Gasteiger partial charge is 0.321 e. The van der Waals surface area contributed by atoms with Crippen LogP contribution in [0.1, 0.15) is 30.7 Å². The first-order valence-corrected chi connectivity index (χ1v) is 8.57. The van der Waals surface area contributed by atoms with Gasteiger partial charge in [-0.3, -0.25) is 0 Å². The predicted octanol–water partition coefficient (Wildman–Crippen LogP) is 5.28. The maximum Gasteiger partial charge on any atom is 0.321 e. The molecule has 2 aromatic rings. The van der Waals surface area contributed by atoms with Crippen LogP contribution in [0.4, 0.5) is 14.9 Å². The second-order valence-corrected chi connectivity index (χ2v) is 6.51. The summed E-state index contributed by atoms with van der Waals surface area (Å²) in [4.78, 5) is 14.4. The summed E-state index contributed by atoms with van der Waals surface area (Å²) in [6.45, 7) is 1.34. The standard InChI is InChI=1S/C19H20ClFN2O/c20-17-6-1-2-7-18(17)22-19(24)23-12-4-3-5-15(13-23)14-8-10-16(21)11-9-14/h1-2,6-11,15H,3-5,12-13H2,(H,22,24)/t15-/m0/s1. The lowest BCUT2D eigenvalue weighted by Crippen LogP contribution is -2.37. The topological polar surface area (TPSA) is 32.3 Å². The van der Waals surface area contributed by atoms with Gasteiger partial charge in [0.2, 0.25) is 0 Å². The van der Waals surface area contributed by atoms with E-state index in [1.807, 2.05) is 29.2 Å². The lowest BCUT2D eigenvalue weighted by molar-refractivity contribution is 0.211. The Morgan fingerprint density at radius 1 is 1.12 bits per heavy atom. The molecule has 1 N–H and O–H groups in total. The number of para-hydroxylation sites is 1. The molecule has 3 nitrogen and oxygen atoms in total. The highest BCUT2D eigenvalue weighted by Crippen LogP contribution is 2.28. The second kappa shape index (κ2) is 7.67. The van der Waals surface area contributed by atoms with Crippen LogP contribution in [0.5, 0.6) is 0 Å². The summed E-state index contributed by atoms with van der Waals surface area (Å²) >= 11 is 6.11. The van der Waals surface area contributed by atoms with Crippen LogP contribution in [0.15, 0.2) is 48.5 Å². The molecule has 0 aliphatic carbocycles. The zero-order valence-electron chi connectivity index (χ0n) is 13.3. The average Bonchev–Trinajstić information content (AvgIpc) is 2.84. The Labute approximate surface area is 146 Å². The van der Waals surface area contributed by atoms with Crippen LogP contribution >= 0.6 is 11.6 Å². The monoisotopic (exact) mass is 346 g/mol. The van der Waals surface area contributed by atoms with Gasteiger partial charge < -0.3 is 10.2 Å². The normalized spacial score (nSPS) is 18.1. The Kier molecular flexibility index (Phi) is 5.36. The van der Waals surface area contributed by atoms with Gasteiger partial charge in [-0.2, -0.15) is 0 Å². The van der Waals surface area contributed by atoms with Crippen molar-refractivity contribution in [3.63, 3.8) is 0 Å². The molecule has 126 valence electrons. The molecule has 1 atom stereocenters. The number of hydrogen-bond donors (Lipinski definition) is 1. The summed E-state index contributed by atoms with van der Waals surface area (Å²) in [7, 11) is 0. The maximum atomic E-state index is 13.1. The van der Waals surface area contributed by atoms with Crippen molar-refractivity contribution in [3.05, 3.63) is 64.9 Å². The Morgan fingerprint density at radius 3 is 2.62 bits per heavy atom. The molecule has 0 bridgehead atoms. The number of amides is 2. The fourth-order valence-corrected chi connectivity index (χ4v) is 3.27. The molecular weight excluding hydrogens is 327 g/mol. The van der Waals surface area contributed by atoms with Crippen molar-refractivity contribution in [2.24, 2.45) is 0 Å². The molecule has 0 saturated carbocycles. The van der Waals surface area contributed by atoms with Gasteiger partial charge in [0.1, 0.15) is 5.82 Å². The first kappa shape index (κ1) is 16.8. The fourth-order valence-electron chi connectivity index (χ4n) is 3.09. The summed E-state index contributed by atoms with van der Waals surface area (Å²) < 4.78 is 13.1. The van der Waals surface area contributed by atoms with Crippen molar-refractivity contribution in [3.8, 4) is 0 Å². The molecule has 0 unspecified atom stereocenters. The molecule has 0 aromatic heterocycles. The van der Waals surface area contributed by atoms with Crippen molar-refractivity contribution < 1.29 is 9.18 Å². The highest BCUT2D eigenvalue weighted by Gasteiger charge is 2.23. The van der Waals surface area contributed by atoms with E-state index in [2.05, 4.69) is 5.32 Å². The second-order valence-electron chi connectivity index (χ2n) is 6.10. The van der Waals surface area contributed by atoms with Crippen LogP contribution < -0.4 is 5.32 Å². The number of nitrogens with zero attached hydrogens (tertiary/aromatic N) is 1. The van der Waals surface area contributed by atoms with Crippen molar-refractivity contribution in [1.29, 1.82) is 0 Å². The number of carbonyl (C=O) groups is 1. The third kappa shape index (κ3) is 4.06. The Balaban J connectivity index is 1.71. The van der Waals surface area contributed by atoms with Crippen LogP contribution in [-0.2, 0) is 0 Å². The van der Waals surface area contributed by atoms with Crippen molar-refractivity contribution in [1.82, 2.24) is 4.90 Å². The molecule has 2 amide bonds. The summed E-state index contributed by atoms with van der Waals surface area (Å²) in [6, 6.07) is 13.7. The molecule has 3 rings (SSSR count). The van der Waals surface area contributed by atoms with Gasteiger partial charge in [-0.05, 0) is 42.7 Å². The van der Waals surface area contributed by atoms with Gasteiger partial charge in [-0.25, -0.2) is 9.18 Å². The van der Waals surface area contributed by atoms with Crippen LogP contribution in [0, 0.1) is 5.82 Å². The van der Waals surface area contributed by atoms with Crippen molar-refractivity contribution in [2.45, 2.75) is 25.2 Å². The summed E-state index contributed by atoms with van der Waals surface area (Å²) in [5, 5.41) is 3.41. The number of anilines is 1. The van der Waals surface area contributed by atoms with E-state index in [0.717, 1.165) is 24.8 Å². The number of halogens is 2. The minimum atomic E-state index is -0.235. The minimum Gasteiger partial charge on any atom is -0.324 e. The largest absolute Gasteiger partial charge is 0.324 e. The number of rotatable bonds is 2. The number of urea groups is 1. The molecule has 24 heavy (non-hydrogen) atoms. The highest BCUT2D eigenvalue weighted by atomic mass is 35.5. The third-order valence-corrected chi connectivity index (χ3v) is 4.75. The molecular formula is C19H20ClFN2O. The van der Waals surface area contributed by atoms with E-state index >= 15 is 0 Å². The van der Waals surface area contributed by atoms with Crippen LogP contribution in [-0.4, -0.2) is 24.0 Å². The first-order chi connectivity index (χ1) is 11.6. The van der Waals surface area contributed by atoms with Gasteiger partial charge >= 0.3 is 6.03 Å². The van der Waals surface area contributed by atoms with E-state index in [0.29, 0.717) is 23.8 Å². The van der Waals surface area contributed by atoms with Gasteiger partial charge in [0, 0.05) is 19.0 Å². The average molecular weight is 347 g/mol. The van der Waals surface area contributed by atoms with E-state index in [4.69, 9.17) is 11.6 Å². The summed E-state index contributed by atoms with van der Waals surface area (Å²) in [5.41, 5.74) is 1.69. The molecule has 1 heterocycles. The molecule has 1 fully saturated rings. The molecule has 0 radical (unpaired) electrons. The molecule has 1 aliphatic rings. The maximum absolute atomic E-state index is 13.1. The van der Waals surface area contributed by atoms with E-state index < -0.39 is 0 Å². The van der Waals surface area contributed by atoms with E-state index in [9.17, 15) is 9.18 Å². The van der Waals surface area contributed by atoms with Crippen LogP contribution in [0.25, 0.3) is 0 Å². The Bertz CT molecular complexity index is 705. The van der Waals surface area contributed by atoms with Gasteiger partial charge in [0.25, 0.3) is 0 Å². The number of hydrogen-bond acceptors (Lipinski definition) is 1. The number of likely N-dealkylation sites (tertiary alicyclic amines) is 1. The SMILES string of the molecule is O=C(Nc1ccccc1Cl)N1CCCC[C@H](c2ccc(F)cc2)C1. The van der Waals surface area contributed by atoms with E-state index in [1.54, 1.807) is 12.1 Å². The number of nitrogens with one attached hydrogen (secondary N) is 1. The van der Waals surface area contributed by atoms with Crippen LogP contribution in [0.3, 0.4) is 0 Å². The number of carbonyl (C=O) groups excluding carboxylic acids is 1. The Hall–Kier alpha value is -2.07. The highest BCUT2D eigenvalue weighted by molar-refractivity contribution is 6.33. The first-order valence-electron chi connectivity index (χ1n) is 8.19. The summed E-state index contributed by atoms with van der Waals surface area (Å²) in [5.74, 6) is -0.00853. The quantitative estimate of drug-likeness (QED) is 0.788.